The predicted molar refractivity (Wildman–Crippen MR) is 42.8 cm³/mol. The maximum Gasteiger partial charge on any atom is 0.311 e. The second kappa shape index (κ2) is 5.17. The topological polar surface area (TPSA) is 38.3 Å². The lowest BCUT2D eigenvalue weighted by atomic mass is 10.3. The van der Waals surface area contributed by atoms with Crippen molar-refractivity contribution in [3.63, 3.8) is 0 Å². The Bertz CT molecular complexity index is 145. The first-order valence-electron chi connectivity index (χ1n) is 2.82. The van der Waals surface area contributed by atoms with E-state index in [4.69, 9.17) is 0 Å². The number of hydrogen-bond acceptors (Lipinski definition) is 4. The predicted octanol–water partition coefficient (Wildman–Crippen LogP) is 0.540. The van der Waals surface area contributed by atoms with Crippen LogP contribution >= 0.6 is 12.6 Å². The van der Waals surface area contributed by atoms with E-state index in [1.807, 2.05) is 0 Å². The summed E-state index contributed by atoms with van der Waals surface area (Å²) < 4.78 is 4.43. The van der Waals surface area contributed by atoms with Crippen molar-refractivity contribution in [2.75, 3.05) is 14.2 Å². The molecule has 0 radical (unpaired) electrons. The van der Waals surface area contributed by atoms with E-state index in [9.17, 15) is 4.79 Å². The fourth-order valence-electron chi connectivity index (χ4n) is 0.426. The number of esters is 1. The van der Waals surface area contributed by atoms with Crippen molar-refractivity contribution in [3.05, 3.63) is 11.1 Å². The largest absolute Gasteiger partial charge is 0.469 e. The molecule has 0 amide bonds. The van der Waals surface area contributed by atoms with Crippen LogP contribution in [0.5, 0.6) is 0 Å². The second-order valence-corrected chi connectivity index (χ2v) is 1.92. The minimum atomic E-state index is -0.269. The summed E-state index contributed by atoms with van der Waals surface area (Å²) >= 11 is 3.88. The summed E-state index contributed by atoms with van der Waals surface area (Å²) in [7, 11) is 3.08. The van der Waals surface area contributed by atoms with Crippen molar-refractivity contribution in [2.24, 2.45) is 0 Å². The van der Waals surface area contributed by atoms with Crippen molar-refractivity contribution in [2.45, 2.75) is 6.42 Å². The molecular weight excluding hydrogens is 150 g/mol. The average Bonchev–Trinajstić information content (AvgIpc) is 1.99. The van der Waals surface area contributed by atoms with E-state index >= 15 is 0 Å². The molecule has 0 aliphatic rings. The van der Waals surface area contributed by atoms with Gasteiger partial charge in [-0.3, -0.25) is 4.79 Å². The summed E-state index contributed by atoms with van der Waals surface area (Å²) in [5.41, 5.74) is 0.746. The lowest BCUT2D eigenvalue weighted by Crippen LogP contribution is -2.11. The number of nitrogens with one attached hydrogen (secondary N) is 1. The summed E-state index contributed by atoms with van der Waals surface area (Å²) in [6.45, 7) is 0. The maximum absolute atomic E-state index is 10.6. The van der Waals surface area contributed by atoms with Gasteiger partial charge in [0.1, 0.15) is 0 Å². The molecule has 0 spiro atoms. The fourth-order valence-corrected chi connectivity index (χ4v) is 0.647. The number of ether oxygens (including phenoxy) is 1. The van der Waals surface area contributed by atoms with Crippen LogP contribution in [0.3, 0.4) is 0 Å². The summed E-state index contributed by atoms with van der Waals surface area (Å²) in [6, 6.07) is 0. The molecule has 0 aromatic carbocycles. The first kappa shape index (κ1) is 9.36. The molecule has 0 unspecified atom stereocenters. The zero-order chi connectivity index (χ0) is 7.98. The quantitative estimate of drug-likeness (QED) is 0.468. The van der Waals surface area contributed by atoms with Crippen LogP contribution in [0.25, 0.3) is 0 Å². The minimum Gasteiger partial charge on any atom is -0.469 e. The van der Waals surface area contributed by atoms with Crippen LogP contribution in [0.2, 0.25) is 0 Å². The van der Waals surface area contributed by atoms with E-state index in [0.29, 0.717) is 0 Å². The molecule has 0 saturated carbocycles. The normalized spacial score (nSPS) is 10.9. The third kappa shape index (κ3) is 3.40. The van der Waals surface area contributed by atoms with Crippen LogP contribution in [-0.4, -0.2) is 20.1 Å². The van der Waals surface area contributed by atoms with Gasteiger partial charge in [0.05, 0.1) is 13.5 Å². The zero-order valence-electron chi connectivity index (χ0n) is 6.05. The lowest BCUT2D eigenvalue weighted by Gasteiger charge is -2.02. The number of carbonyl (C=O) groups is 1. The molecule has 4 heteroatoms. The van der Waals surface area contributed by atoms with Crippen molar-refractivity contribution in [1.29, 1.82) is 0 Å². The minimum absolute atomic E-state index is 0.247. The van der Waals surface area contributed by atoms with Crippen LogP contribution in [0.1, 0.15) is 6.42 Å². The summed E-state index contributed by atoms with van der Waals surface area (Å²) in [4.78, 5) is 10.6. The number of thiol groups is 1. The second-order valence-electron chi connectivity index (χ2n) is 1.66. The molecule has 0 aromatic heterocycles. The molecule has 0 bridgehead atoms. The Morgan fingerprint density at radius 3 is 2.70 bits per heavy atom. The number of methoxy groups -OCH3 is 1. The molecule has 0 saturated heterocycles. The third-order valence-corrected chi connectivity index (χ3v) is 1.35. The van der Waals surface area contributed by atoms with Crippen molar-refractivity contribution in [1.82, 2.24) is 5.32 Å². The van der Waals surface area contributed by atoms with Gasteiger partial charge in [-0.1, -0.05) is 0 Å². The van der Waals surface area contributed by atoms with Gasteiger partial charge < -0.3 is 10.1 Å². The van der Waals surface area contributed by atoms with Gasteiger partial charge >= 0.3 is 5.97 Å². The highest BCUT2D eigenvalue weighted by atomic mass is 32.1. The molecule has 3 nitrogen and oxygen atoms in total. The maximum atomic E-state index is 10.6. The first-order chi connectivity index (χ1) is 4.74. The van der Waals surface area contributed by atoms with E-state index < -0.39 is 0 Å². The highest BCUT2D eigenvalue weighted by molar-refractivity contribution is 7.83. The third-order valence-electron chi connectivity index (χ3n) is 1.04. The molecule has 0 heterocycles. The SMILES string of the molecule is CN/C(=C\S)CC(=O)OC. The van der Waals surface area contributed by atoms with Crippen LogP contribution in [0.15, 0.2) is 11.1 Å². The first-order valence-corrected chi connectivity index (χ1v) is 3.34. The summed E-state index contributed by atoms with van der Waals surface area (Å²) in [5.74, 6) is -0.269. The number of carbonyl (C=O) groups excluding carboxylic acids is 1. The Morgan fingerprint density at radius 2 is 2.40 bits per heavy atom. The van der Waals surface area contributed by atoms with E-state index in [1.165, 1.54) is 12.5 Å². The van der Waals surface area contributed by atoms with Gasteiger partial charge in [0.15, 0.2) is 0 Å². The molecule has 0 aliphatic carbocycles. The van der Waals surface area contributed by atoms with Crippen LogP contribution < -0.4 is 5.32 Å². The van der Waals surface area contributed by atoms with Crippen LogP contribution in [0, 0.1) is 0 Å². The monoisotopic (exact) mass is 161 g/mol. The van der Waals surface area contributed by atoms with Crippen molar-refractivity contribution in [3.8, 4) is 0 Å². The molecular formula is C6H11NO2S. The van der Waals surface area contributed by atoms with Gasteiger partial charge in [0, 0.05) is 12.7 Å². The number of rotatable bonds is 3. The van der Waals surface area contributed by atoms with Gasteiger partial charge in [0.2, 0.25) is 0 Å². The van der Waals surface area contributed by atoms with E-state index in [1.54, 1.807) is 7.05 Å². The molecule has 0 aromatic rings. The Kier molecular flexibility index (Phi) is 4.84. The van der Waals surface area contributed by atoms with Crippen molar-refractivity contribution >= 4 is 18.6 Å². The smallest absolute Gasteiger partial charge is 0.311 e. The van der Waals surface area contributed by atoms with E-state index in [0.717, 1.165) is 5.70 Å². The van der Waals surface area contributed by atoms with Gasteiger partial charge in [-0.25, -0.2) is 0 Å². The highest BCUT2D eigenvalue weighted by Gasteiger charge is 2.01. The van der Waals surface area contributed by atoms with Gasteiger partial charge in [-0.05, 0) is 5.41 Å². The Labute approximate surface area is 65.9 Å². The fraction of sp³-hybridized carbons (Fsp3) is 0.500. The van der Waals surface area contributed by atoms with Gasteiger partial charge in [-0.15, -0.1) is 12.6 Å². The van der Waals surface area contributed by atoms with Gasteiger partial charge in [0.25, 0.3) is 0 Å². The molecule has 0 rings (SSSR count). The molecule has 58 valence electrons. The number of hydrogen-bond donors (Lipinski definition) is 2. The standard InChI is InChI=1S/C6H11NO2S/c1-7-5(4-10)3-6(8)9-2/h4,7,10H,3H2,1-2H3/b5-4-. The Balaban J connectivity index is 3.76. The van der Waals surface area contributed by atoms with Gasteiger partial charge in [-0.2, -0.15) is 0 Å². The van der Waals surface area contributed by atoms with E-state index in [-0.39, 0.29) is 12.4 Å². The molecule has 10 heavy (non-hydrogen) atoms. The molecule has 1 N–H and O–H groups in total. The Hall–Kier alpha value is -0.640. The summed E-state index contributed by atoms with van der Waals surface area (Å²) in [6.07, 6.45) is 0.247. The van der Waals surface area contributed by atoms with Crippen LogP contribution in [0.4, 0.5) is 0 Å². The van der Waals surface area contributed by atoms with Crippen molar-refractivity contribution < 1.29 is 9.53 Å². The van der Waals surface area contributed by atoms with E-state index in [2.05, 4.69) is 22.7 Å². The molecule has 0 aliphatic heterocycles. The highest BCUT2D eigenvalue weighted by Crippen LogP contribution is 1.98. The lowest BCUT2D eigenvalue weighted by molar-refractivity contribution is -0.139. The Morgan fingerprint density at radius 1 is 1.80 bits per heavy atom. The average molecular weight is 161 g/mol. The van der Waals surface area contributed by atoms with Crippen LogP contribution in [-0.2, 0) is 9.53 Å². The molecule has 0 atom stereocenters. The summed E-state index contributed by atoms with van der Waals surface area (Å²) in [5, 5.41) is 4.34. The zero-order valence-corrected chi connectivity index (χ0v) is 6.94. The molecule has 0 fully saturated rings.